The average Bonchev–Trinajstić information content (AvgIpc) is 2.88. The number of benzene rings is 1. The third kappa shape index (κ3) is 3.91. The van der Waals surface area contributed by atoms with E-state index in [1.807, 2.05) is 0 Å². The van der Waals surface area contributed by atoms with Crippen molar-refractivity contribution in [3.05, 3.63) is 39.9 Å². The molecule has 0 radical (unpaired) electrons. The van der Waals surface area contributed by atoms with Crippen LogP contribution in [0.1, 0.15) is 23.4 Å². The molecule has 0 unspecified atom stereocenters. The van der Waals surface area contributed by atoms with Gasteiger partial charge in [0.2, 0.25) is 5.91 Å². The molecule has 0 saturated carbocycles. The molecule has 1 aromatic heterocycles. The molecule has 0 spiro atoms. The van der Waals surface area contributed by atoms with Crippen LogP contribution >= 0.6 is 22.9 Å². The molecule has 0 bridgehead atoms. The van der Waals surface area contributed by atoms with Gasteiger partial charge in [0.25, 0.3) is 0 Å². The summed E-state index contributed by atoms with van der Waals surface area (Å²) < 4.78 is 24.4. The highest BCUT2D eigenvalue weighted by Crippen LogP contribution is 2.29. The number of anilines is 1. The van der Waals surface area contributed by atoms with E-state index in [2.05, 4.69) is 10.3 Å². The third-order valence-corrected chi connectivity index (χ3v) is 6.54. The van der Waals surface area contributed by atoms with Gasteiger partial charge < -0.3 is 5.32 Å². The fourth-order valence-corrected chi connectivity index (χ4v) is 4.79. The van der Waals surface area contributed by atoms with Gasteiger partial charge in [0.1, 0.15) is 5.75 Å². The summed E-state index contributed by atoms with van der Waals surface area (Å²) in [7, 11) is -3.69. The van der Waals surface area contributed by atoms with E-state index in [1.165, 1.54) is 40.5 Å². The maximum absolute atomic E-state index is 12.2. The number of nitrogens with one attached hydrogen (secondary N) is 1. The molecular formula is C15H15ClN2O3S2. The quantitative estimate of drug-likeness (QED) is 0.897. The number of thiazole rings is 1. The molecule has 1 amide bonds. The lowest BCUT2D eigenvalue weighted by molar-refractivity contribution is -0.113. The van der Waals surface area contributed by atoms with Crippen LogP contribution < -0.4 is 5.32 Å². The molecule has 1 N–H and O–H groups in total. The second-order valence-electron chi connectivity index (χ2n) is 5.36. The van der Waals surface area contributed by atoms with Gasteiger partial charge in [-0.05, 0) is 49.9 Å². The molecule has 122 valence electrons. The molecular weight excluding hydrogens is 356 g/mol. The molecule has 1 aromatic carbocycles. The van der Waals surface area contributed by atoms with Crippen LogP contribution in [0, 0.1) is 0 Å². The van der Waals surface area contributed by atoms with Crippen molar-refractivity contribution in [1.82, 2.24) is 4.98 Å². The smallest absolute Gasteiger partial charge is 0.241 e. The summed E-state index contributed by atoms with van der Waals surface area (Å²) in [6, 6.07) is 5.77. The number of rotatable bonds is 4. The fraction of sp³-hybridized carbons (Fsp3) is 0.333. The predicted molar refractivity (Wildman–Crippen MR) is 90.9 cm³/mol. The monoisotopic (exact) mass is 370 g/mol. The molecule has 1 aliphatic carbocycles. The van der Waals surface area contributed by atoms with E-state index < -0.39 is 21.5 Å². The second kappa shape index (κ2) is 6.59. The van der Waals surface area contributed by atoms with E-state index in [0.717, 1.165) is 31.4 Å². The molecule has 0 atom stereocenters. The SMILES string of the molecule is O=C(CS(=O)(=O)c1ccc(Cl)cc1)Nc1nc2c(s1)CCCC2. The van der Waals surface area contributed by atoms with Crippen molar-refractivity contribution in [3.63, 3.8) is 0 Å². The summed E-state index contributed by atoms with van der Waals surface area (Å²) in [4.78, 5) is 17.7. The Hall–Kier alpha value is -1.44. The lowest BCUT2D eigenvalue weighted by atomic mass is 10.0. The third-order valence-electron chi connectivity index (χ3n) is 3.59. The van der Waals surface area contributed by atoms with Crippen LogP contribution in [0.2, 0.25) is 5.02 Å². The van der Waals surface area contributed by atoms with Crippen LogP contribution in [0.25, 0.3) is 0 Å². The van der Waals surface area contributed by atoms with E-state index in [0.29, 0.717) is 10.2 Å². The normalized spacial score (nSPS) is 14.3. The van der Waals surface area contributed by atoms with E-state index in [4.69, 9.17) is 11.6 Å². The van der Waals surface area contributed by atoms with Gasteiger partial charge in [-0.25, -0.2) is 13.4 Å². The number of nitrogens with zero attached hydrogens (tertiary/aromatic N) is 1. The van der Waals surface area contributed by atoms with Gasteiger partial charge in [-0.2, -0.15) is 0 Å². The molecule has 2 aromatic rings. The van der Waals surface area contributed by atoms with Crippen molar-refractivity contribution in [2.75, 3.05) is 11.1 Å². The lowest BCUT2D eigenvalue weighted by Crippen LogP contribution is -2.23. The van der Waals surface area contributed by atoms with E-state index in [1.54, 1.807) is 0 Å². The van der Waals surface area contributed by atoms with E-state index in [-0.39, 0.29) is 4.90 Å². The number of hydrogen-bond donors (Lipinski definition) is 1. The number of aromatic nitrogens is 1. The fourth-order valence-electron chi connectivity index (χ4n) is 2.46. The lowest BCUT2D eigenvalue weighted by Gasteiger charge is -2.06. The standard InChI is InChI=1S/C15H15ClN2O3S2/c16-10-5-7-11(8-6-10)23(20,21)9-14(19)18-15-17-12-3-1-2-4-13(12)22-15/h5-8H,1-4,9H2,(H,17,18,19). The van der Waals surface area contributed by atoms with Crippen LogP contribution in [-0.4, -0.2) is 25.1 Å². The topological polar surface area (TPSA) is 76.1 Å². The first-order valence-electron chi connectivity index (χ1n) is 7.21. The van der Waals surface area contributed by atoms with Gasteiger partial charge in [0.05, 0.1) is 10.6 Å². The number of sulfone groups is 1. The summed E-state index contributed by atoms with van der Waals surface area (Å²) in [6.45, 7) is 0. The number of carbonyl (C=O) groups excluding carboxylic acids is 1. The number of halogens is 1. The molecule has 0 fully saturated rings. The number of aryl methyl sites for hydroxylation is 2. The van der Waals surface area contributed by atoms with Crippen LogP contribution in [-0.2, 0) is 27.5 Å². The molecule has 8 heteroatoms. The first-order chi connectivity index (χ1) is 10.9. The first kappa shape index (κ1) is 16.4. The molecule has 0 saturated heterocycles. The zero-order valence-electron chi connectivity index (χ0n) is 12.2. The summed E-state index contributed by atoms with van der Waals surface area (Å²) in [5.41, 5.74) is 1.03. The molecule has 3 rings (SSSR count). The van der Waals surface area contributed by atoms with Crippen molar-refractivity contribution < 1.29 is 13.2 Å². The van der Waals surface area contributed by atoms with Crippen molar-refractivity contribution in [3.8, 4) is 0 Å². The zero-order valence-corrected chi connectivity index (χ0v) is 14.6. The summed E-state index contributed by atoms with van der Waals surface area (Å²) in [6.07, 6.45) is 4.14. The van der Waals surface area contributed by atoms with Crippen molar-refractivity contribution >= 4 is 43.8 Å². The number of fused-ring (bicyclic) bond motifs is 1. The minimum absolute atomic E-state index is 0.0792. The van der Waals surface area contributed by atoms with Crippen molar-refractivity contribution in [2.45, 2.75) is 30.6 Å². The number of amides is 1. The number of carbonyl (C=O) groups is 1. The van der Waals surface area contributed by atoms with Crippen LogP contribution in [0.4, 0.5) is 5.13 Å². The molecule has 1 aliphatic rings. The Morgan fingerprint density at radius 2 is 1.91 bits per heavy atom. The second-order valence-corrected chi connectivity index (χ2v) is 8.87. The van der Waals surface area contributed by atoms with Crippen LogP contribution in [0.3, 0.4) is 0 Å². The largest absolute Gasteiger partial charge is 0.301 e. The van der Waals surface area contributed by atoms with Crippen molar-refractivity contribution in [2.24, 2.45) is 0 Å². The zero-order chi connectivity index (χ0) is 16.4. The van der Waals surface area contributed by atoms with Gasteiger partial charge >= 0.3 is 0 Å². The molecule has 5 nitrogen and oxygen atoms in total. The van der Waals surface area contributed by atoms with Gasteiger partial charge in [-0.15, -0.1) is 11.3 Å². The van der Waals surface area contributed by atoms with E-state index >= 15 is 0 Å². The Labute approximate surface area is 143 Å². The molecule has 1 heterocycles. The molecule has 23 heavy (non-hydrogen) atoms. The van der Waals surface area contributed by atoms with Gasteiger partial charge in [-0.1, -0.05) is 11.6 Å². The van der Waals surface area contributed by atoms with Gasteiger partial charge in [-0.3, -0.25) is 4.79 Å². The van der Waals surface area contributed by atoms with Crippen molar-refractivity contribution in [1.29, 1.82) is 0 Å². The van der Waals surface area contributed by atoms with Gasteiger partial charge in [0.15, 0.2) is 15.0 Å². The highest BCUT2D eigenvalue weighted by Gasteiger charge is 2.21. The average molecular weight is 371 g/mol. The van der Waals surface area contributed by atoms with Gasteiger partial charge in [0, 0.05) is 9.90 Å². The molecule has 0 aliphatic heterocycles. The highest BCUT2D eigenvalue weighted by atomic mass is 35.5. The van der Waals surface area contributed by atoms with E-state index in [9.17, 15) is 13.2 Å². The maximum Gasteiger partial charge on any atom is 0.241 e. The summed E-state index contributed by atoms with van der Waals surface area (Å²) in [5.74, 6) is -1.19. The Morgan fingerprint density at radius 1 is 1.22 bits per heavy atom. The Balaban J connectivity index is 1.69. The van der Waals surface area contributed by atoms with Crippen LogP contribution in [0.15, 0.2) is 29.2 Å². The Morgan fingerprint density at radius 3 is 2.61 bits per heavy atom. The van der Waals surface area contributed by atoms with Crippen LogP contribution in [0.5, 0.6) is 0 Å². The maximum atomic E-state index is 12.2. The first-order valence-corrected chi connectivity index (χ1v) is 10.1. The predicted octanol–water partition coefficient (Wildman–Crippen LogP) is 3.09. The summed E-state index contributed by atoms with van der Waals surface area (Å²) in [5, 5.41) is 3.53. The minimum Gasteiger partial charge on any atom is -0.301 e. The minimum atomic E-state index is -3.69. The number of hydrogen-bond acceptors (Lipinski definition) is 5. The Bertz CT molecular complexity index is 805. The summed E-state index contributed by atoms with van der Waals surface area (Å²) >= 11 is 7.18. The Kier molecular flexibility index (Phi) is 4.70. The highest BCUT2D eigenvalue weighted by molar-refractivity contribution is 7.92.